The van der Waals surface area contributed by atoms with Gasteiger partial charge in [0.15, 0.2) is 17.5 Å². The summed E-state index contributed by atoms with van der Waals surface area (Å²) >= 11 is 0. The minimum Gasteiger partial charge on any atom is -0.456 e. The number of rotatable bonds is 6. The molecule has 0 saturated carbocycles. The van der Waals surface area contributed by atoms with Gasteiger partial charge in [-0.15, -0.1) is 0 Å². The summed E-state index contributed by atoms with van der Waals surface area (Å²) in [4.78, 5) is 14.8. The Morgan fingerprint density at radius 2 is 0.612 bits per heavy atom. The van der Waals surface area contributed by atoms with Crippen LogP contribution in [0.15, 0.2) is 180 Å². The summed E-state index contributed by atoms with van der Waals surface area (Å²) in [5.41, 5.74) is 11.4. The lowest BCUT2D eigenvalue weighted by molar-refractivity contribution is 0.669. The van der Waals surface area contributed by atoms with Crippen LogP contribution in [0.25, 0.3) is 89.5 Å². The van der Waals surface area contributed by atoms with Gasteiger partial charge < -0.3 is 4.42 Å². The number of aromatic nitrogens is 3. The minimum absolute atomic E-state index is 0.614. The summed E-state index contributed by atoms with van der Waals surface area (Å²) in [6, 6.07) is 60.7. The Labute approximate surface area is 284 Å². The van der Waals surface area contributed by atoms with Crippen LogP contribution in [-0.4, -0.2) is 15.0 Å². The van der Waals surface area contributed by atoms with Gasteiger partial charge in [-0.25, -0.2) is 15.0 Å². The number of fused-ring (bicyclic) bond motifs is 3. The molecule has 0 bridgehead atoms. The van der Waals surface area contributed by atoms with Gasteiger partial charge in [-0.05, 0) is 81.9 Å². The summed E-state index contributed by atoms with van der Waals surface area (Å²) in [5, 5.41) is 2.06. The molecule has 0 N–H and O–H groups in total. The van der Waals surface area contributed by atoms with Crippen LogP contribution >= 0.6 is 0 Å². The quantitative estimate of drug-likeness (QED) is 0.184. The van der Waals surface area contributed by atoms with Crippen LogP contribution in [0.5, 0.6) is 0 Å². The minimum atomic E-state index is 0.614. The van der Waals surface area contributed by atoms with Crippen molar-refractivity contribution in [3.8, 4) is 67.5 Å². The molecule has 9 aromatic rings. The van der Waals surface area contributed by atoms with Gasteiger partial charge in [0.2, 0.25) is 0 Å². The Balaban J connectivity index is 1.19. The van der Waals surface area contributed by atoms with Crippen molar-refractivity contribution in [3.05, 3.63) is 176 Å². The lowest BCUT2D eigenvalue weighted by Gasteiger charge is -2.11. The van der Waals surface area contributed by atoms with Crippen molar-refractivity contribution in [1.82, 2.24) is 15.0 Å². The molecule has 0 spiro atoms. The van der Waals surface area contributed by atoms with Crippen LogP contribution < -0.4 is 0 Å². The van der Waals surface area contributed by atoms with E-state index in [1.54, 1.807) is 0 Å². The van der Waals surface area contributed by atoms with Gasteiger partial charge >= 0.3 is 0 Å². The average molecular weight is 628 g/mol. The molecule has 2 aromatic heterocycles. The molecule has 0 saturated heterocycles. The Kier molecular flexibility index (Phi) is 7.10. The van der Waals surface area contributed by atoms with Crippen LogP contribution in [0.3, 0.4) is 0 Å². The van der Waals surface area contributed by atoms with E-state index in [0.717, 1.165) is 49.8 Å². The van der Waals surface area contributed by atoms with Gasteiger partial charge in [-0.3, -0.25) is 0 Å². The maximum absolute atomic E-state index is 6.35. The largest absolute Gasteiger partial charge is 0.456 e. The normalized spacial score (nSPS) is 11.3. The predicted octanol–water partition coefficient (Wildman–Crippen LogP) is 11.8. The van der Waals surface area contributed by atoms with E-state index in [-0.39, 0.29) is 0 Å². The van der Waals surface area contributed by atoms with Gasteiger partial charge in [0.25, 0.3) is 0 Å². The van der Waals surface area contributed by atoms with Crippen LogP contribution in [0.1, 0.15) is 0 Å². The fourth-order valence-corrected chi connectivity index (χ4v) is 6.42. The maximum atomic E-state index is 6.35. The lowest BCUT2D eigenvalue weighted by atomic mass is 9.93. The standard InChI is InChI=1S/C45H29N3O/c1-5-13-30(14-6-1)36-25-37(31-15-7-2-8-16-31)27-38(26-36)34-21-23-41-39(28-34)40-29-35(22-24-42(40)49-41)45-47-43(32-17-9-3-10-18-32)46-44(48-45)33-19-11-4-12-20-33/h1-29H. The van der Waals surface area contributed by atoms with Crippen molar-refractivity contribution in [2.45, 2.75) is 0 Å². The molecule has 230 valence electrons. The molecular formula is C45H29N3O. The number of benzene rings is 7. The lowest BCUT2D eigenvalue weighted by Crippen LogP contribution is -2.00. The molecule has 4 nitrogen and oxygen atoms in total. The second-order valence-corrected chi connectivity index (χ2v) is 12.1. The second-order valence-electron chi connectivity index (χ2n) is 12.1. The van der Waals surface area contributed by atoms with E-state index in [2.05, 4.69) is 103 Å². The zero-order valence-electron chi connectivity index (χ0n) is 26.5. The van der Waals surface area contributed by atoms with Crippen molar-refractivity contribution in [1.29, 1.82) is 0 Å². The molecule has 4 heteroatoms. The third-order valence-electron chi connectivity index (χ3n) is 8.91. The second kappa shape index (κ2) is 12.2. The highest BCUT2D eigenvalue weighted by molar-refractivity contribution is 6.07. The fraction of sp³-hybridized carbons (Fsp3) is 0. The smallest absolute Gasteiger partial charge is 0.164 e. The molecule has 0 aliphatic heterocycles. The molecule has 0 atom stereocenters. The van der Waals surface area contributed by atoms with E-state index < -0.39 is 0 Å². The monoisotopic (exact) mass is 627 g/mol. The molecule has 9 rings (SSSR count). The Morgan fingerprint density at radius 1 is 0.265 bits per heavy atom. The highest BCUT2D eigenvalue weighted by Crippen LogP contribution is 2.38. The molecule has 0 amide bonds. The van der Waals surface area contributed by atoms with E-state index >= 15 is 0 Å². The molecule has 0 aliphatic carbocycles. The van der Waals surface area contributed by atoms with Crippen molar-refractivity contribution < 1.29 is 4.42 Å². The highest BCUT2D eigenvalue weighted by atomic mass is 16.3. The Hall–Kier alpha value is -6.65. The van der Waals surface area contributed by atoms with E-state index in [4.69, 9.17) is 19.4 Å². The molecule has 0 fully saturated rings. The molecular weight excluding hydrogens is 599 g/mol. The van der Waals surface area contributed by atoms with Crippen LogP contribution in [0, 0.1) is 0 Å². The first kappa shape index (κ1) is 28.6. The number of hydrogen-bond donors (Lipinski definition) is 0. The third kappa shape index (κ3) is 5.56. The number of nitrogens with zero attached hydrogens (tertiary/aromatic N) is 3. The van der Waals surface area contributed by atoms with Gasteiger partial charge in [-0.1, -0.05) is 127 Å². The molecule has 7 aromatic carbocycles. The van der Waals surface area contributed by atoms with Crippen molar-refractivity contribution in [2.24, 2.45) is 0 Å². The van der Waals surface area contributed by atoms with Gasteiger partial charge in [-0.2, -0.15) is 0 Å². The average Bonchev–Trinajstić information content (AvgIpc) is 3.56. The summed E-state index contributed by atoms with van der Waals surface area (Å²) < 4.78 is 6.35. The summed E-state index contributed by atoms with van der Waals surface area (Å²) in [6.07, 6.45) is 0. The number of furan rings is 1. The first-order chi connectivity index (χ1) is 24.2. The van der Waals surface area contributed by atoms with Gasteiger partial charge in [0, 0.05) is 27.5 Å². The van der Waals surface area contributed by atoms with Gasteiger partial charge in [0.1, 0.15) is 11.2 Å². The van der Waals surface area contributed by atoms with E-state index in [9.17, 15) is 0 Å². The number of hydrogen-bond acceptors (Lipinski definition) is 4. The third-order valence-corrected chi connectivity index (χ3v) is 8.91. The van der Waals surface area contributed by atoms with E-state index in [1.807, 2.05) is 72.8 Å². The Bertz CT molecular complexity index is 2280. The zero-order valence-corrected chi connectivity index (χ0v) is 26.5. The van der Waals surface area contributed by atoms with E-state index in [0.29, 0.717) is 17.5 Å². The van der Waals surface area contributed by atoms with Crippen LogP contribution in [0.2, 0.25) is 0 Å². The SMILES string of the molecule is c1ccc(-c2cc(-c3ccccc3)cc(-c3ccc4oc5ccc(-c6nc(-c7ccccc7)nc(-c7ccccc7)n6)cc5c4c3)c2)cc1. The van der Waals surface area contributed by atoms with E-state index in [1.165, 1.54) is 22.3 Å². The molecule has 2 heterocycles. The van der Waals surface area contributed by atoms with Crippen LogP contribution in [-0.2, 0) is 0 Å². The summed E-state index contributed by atoms with van der Waals surface area (Å²) in [6.45, 7) is 0. The highest BCUT2D eigenvalue weighted by Gasteiger charge is 2.16. The summed E-state index contributed by atoms with van der Waals surface area (Å²) in [5.74, 6) is 1.89. The van der Waals surface area contributed by atoms with Gasteiger partial charge in [0.05, 0.1) is 0 Å². The van der Waals surface area contributed by atoms with Crippen molar-refractivity contribution in [3.63, 3.8) is 0 Å². The Morgan fingerprint density at radius 3 is 1.06 bits per heavy atom. The zero-order chi connectivity index (χ0) is 32.6. The molecule has 49 heavy (non-hydrogen) atoms. The predicted molar refractivity (Wildman–Crippen MR) is 200 cm³/mol. The van der Waals surface area contributed by atoms with Crippen LogP contribution in [0.4, 0.5) is 0 Å². The van der Waals surface area contributed by atoms with Crippen molar-refractivity contribution >= 4 is 21.9 Å². The molecule has 0 unspecified atom stereocenters. The maximum Gasteiger partial charge on any atom is 0.164 e. The first-order valence-electron chi connectivity index (χ1n) is 16.4. The topological polar surface area (TPSA) is 51.8 Å². The first-order valence-corrected chi connectivity index (χ1v) is 16.4. The molecule has 0 radical (unpaired) electrons. The molecule has 0 aliphatic rings. The summed E-state index contributed by atoms with van der Waals surface area (Å²) in [7, 11) is 0. The van der Waals surface area contributed by atoms with Crippen molar-refractivity contribution in [2.75, 3.05) is 0 Å². The fourth-order valence-electron chi connectivity index (χ4n) is 6.42.